The molecule has 0 aliphatic carbocycles. The van der Waals surface area contributed by atoms with E-state index in [2.05, 4.69) is 10.1 Å². The van der Waals surface area contributed by atoms with Crippen molar-refractivity contribution in [3.05, 3.63) is 11.7 Å². The molecule has 3 unspecified atom stereocenters. The van der Waals surface area contributed by atoms with Crippen LogP contribution in [0, 0.1) is 0 Å². The van der Waals surface area contributed by atoms with Crippen molar-refractivity contribution in [2.24, 2.45) is 5.73 Å². The lowest BCUT2D eigenvalue weighted by Crippen LogP contribution is -2.23. The first kappa shape index (κ1) is 13.1. The van der Waals surface area contributed by atoms with Crippen molar-refractivity contribution in [3.8, 4) is 0 Å². The zero-order chi connectivity index (χ0) is 12.1. The summed E-state index contributed by atoms with van der Waals surface area (Å²) in [6, 6.07) is -0.652. The first-order valence-electron chi connectivity index (χ1n) is 5.48. The molecule has 92 valence electrons. The van der Waals surface area contributed by atoms with E-state index >= 15 is 0 Å². The van der Waals surface area contributed by atoms with Crippen molar-refractivity contribution in [3.63, 3.8) is 0 Å². The molecule has 3 atom stereocenters. The topological polar surface area (TPSA) is 94.4 Å². The van der Waals surface area contributed by atoms with E-state index in [0.717, 1.165) is 6.42 Å². The third-order valence-corrected chi connectivity index (χ3v) is 2.29. The van der Waals surface area contributed by atoms with Gasteiger partial charge in [0, 0.05) is 6.61 Å². The van der Waals surface area contributed by atoms with E-state index in [4.69, 9.17) is 15.0 Å². The van der Waals surface area contributed by atoms with Crippen LogP contribution in [0.4, 0.5) is 0 Å². The Morgan fingerprint density at radius 3 is 2.69 bits per heavy atom. The Balaban J connectivity index is 2.76. The number of hydrogen-bond donors (Lipinski definition) is 2. The molecule has 0 aromatic carbocycles. The van der Waals surface area contributed by atoms with E-state index in [1.807, 2.05) is 13.8 Å². The van der Waals surface area contributed by atoms with Gasteiger partial charge in [-0.1, -0.05) is 12.1 Å². The Labute approximate surface area is 94.8 Å². The highest BCUT2D eigenvalue weighted by atomic mass is 16.5. The molecule has 1 aromatic rings. The lowest BCUT2D eigenvalue weighted by Gasteiger charge is -2.10. The predicted octanol–water partition coefficient (Wildman–Crippen LogP) is 0.938. The first-order chi connectivity index (χ1) is 7.60. The molecule has 0 aliphatic heterocycles. The van der Waals surface area contributed by atoms with Gasteiger partial charge in [0.15, 0.2) is 0 Å². The zero-order valence-electron chi connectivity index (χ0n) is 9.88. The van der Waals surface area contributed by atoms with Gasteiger partial charge in [-0.2, -0.15) is 4.98 Å². The van der Waals surface area contributed by atoms with Gasteiger partial charge >= 0.3 is 0 Å². The van der Waals surface area contributed by atoms with Crippen molar-refractivity contribution in [1.29, 1.82) is 0 Å². The van der Waals surface area contributed by atoms with Crippen molar-refractivity contribution in [2.75, 3.05) is 6.61 Å². The van der Waals surface area contributed by atoms with Gasteiger partial charge < -0.3 is 20.1 Å². The van der Waals surface area contributed by atoms with Gasteiger partial charge in [-0.3, -0.25) is 0 Å². The van der Waals surface area contributed by atoms with Crippen LogP contribution >= 0.6 is 0 Å². The van der Waals surface area contributed by atoms with Crippen LogP contribution in [0.25, 0.3) is 0 Å². The SMILES string of the molecule is CCOC(CC)c1noc(C(N)C(C)O)n1. The number of aliphatic hydroxyl groups excluding tert-OH is 1. The number of aromatic nitrogens is 2. The maximum absolute atomic E-state index is 9.30. The van der Waals surface area contributed by atoms with Crippen LogP contribution < -0.4 is 5.73 Å². The number of nitrogens with zero attached hydrogens (tertiary/aromatic N) is 2. The van der Waals surface area contributed by atoms with Crippen LogP contribution in [-0.2, 0) is 4.74 Å². The third-order valence-electron chi connectivity index (χ3n) is 2.29. The smallest absolute Gasteiger partial charge is 0.246 e. The highest BCUT2D eigenvalue weighted by molar-refractivity contribution is 4.96. The summed E-state index contributed by atoms with van der Waals surface area (Å²) in [4.78, 5) is 4.13. The van der Waals surface area contributed by atoms with Crippen molar-refractivity contribution >= 4 is 0 Å². The Kier molecular flexibility index (Phi) is 4.85. The van der Waals surface area contributed by atoms with E-state index in [9.17, 15) is 5.11 Å². The minimum atomic E-state index is -0.722. The molecular formula is C10H19N3O3. The number of nitrogens with two attached hydrogens (primary N) is 1. The Morgan fingerprint density at radius 1 is 1.50 bits per heavy atom. The van der Waals surface area contributed by atoms with Gasteiger partial charge in [-0.15, -0.1) is 0 Å². The van der Waals surface area contributed by atoms with Gasteiger partial charge in [0.25, 0.3) is 0 Å². The summed E-state index contributed by atoms with van der Waals surface area (Å²) >= 11 is 0. The Bertz CT molecular complexity index is 314. The van der Waals surface area contributed by atoms with Crippen LogP contribution in [0.3, 0.4) is 0 Å². The monoisotopic (exact) mass is 229 g/mol. The first-order valence-corrected chi connectivity index (χ1v) is 5.48. The molecule has 0 amide bonds. The standard InChI is InChI=1S/C10H19N3O3/c1-4-7(15-5-2)9-12-10(16-13-9)8(11)6(3)14/h6-8,14H,4-5,11H2,1-3H3. The lowest BCUT2D eigenvalue weighted by molar-refractivity contribution is 0.0518. The summed E-state index contributed by atoms with van der Waals surface area (Å²) in [6.07, 6.45) is -0.138. The molecule has 1 heterocycles. The van der Waals surface area contributed by atoms with Crippen molar-refractivity contribution in [1.82, 2.24) is 10.1 Å². The zero-order valence-corrected chi connectivity index (χ0v) is 9.88. The Hall–Kier alpha value is -0.980. The molecule has 0 saturated heterocycles. The van der Waals surface area contributed by atoms with E-state index in [0.29, 0.717) is 12.4 Å². The summed E-state index contributed by atoms with van der Waals surface area (Å²) in [5, 5.41) is 13.1. The van der Waals surface area contributed by atoms with Crippen LogP contribution in [0.1, 0.15) is 51.1 Å². The number of rotatable bonds is 6. The van der Waals surface area contributed by atoms with Gasteiger partial charge in [-0.05, 0) is 20.3 Å². The van der Waals surface area contributed by atoms with Crippen LogP contribution in [0.15, 0.2) is 4.52 Å². The van der Waals surface area contributed by atoms with Gasteiger partial charge in [-0.25, -0.2) is 0 Å². The third kappa shape index (κ3) is 3.01. The maximum atomic E-state index is 9.30. The summed E-state index contributed by atoms with van der Waals surface area (Å²) in [5.41, 5.74) is 5.68. The molecule has 0 aliphatic rings. The molecule has 0 spiro atoms. The molecule has 0 bridgehead atoms. The minimum Gasteiger partial charge on any atom is -0.391 e. The van der Waals surface area contributed by atoms with E-state index in [1.54, 1.807) is 6.92 Å². The molecule has 0 saturated carbocycles. The number of aliphatic hydroxyl groups is 1. The van der Waals surface area contributed by atoms with Gasteiger partial charge in [0.2, 0.25) is 11.7 Å². The molecule has 1 rings (SSSR count). The van der Waals surface area contributed by atoms with Crippen LogP contribution in [0.2, 0.25) is 0 Å². The quantitative estimate of drug-likeness (QED) is 0.753. The highest BCUT2D eigenvalue weighted by Crippen LogP contribution is 2.20. The second kappa shape index (κ2) is 5.93. The molecule has 3 N–H and O–H groups in total. The summed E-state index contributed by atoms with van der Waals surface area (Å²) in [7, 11) is 0. The van der Waals surface area contributed by atoms with Gasteiger partial charge in [0.05, 0.1) is 6.10 Å². The molecule has 6 nitrogen and oxygen atoms in total. The minimum absolute atomic E-state index is 0.177. The van der Waals surface area contributed by atoms with Crippen LogP contribution in [0.5, 0.6) is 0 Å². The normalized spacial score (nSPS) is 17.1. The second-order valence-corrected chi connectivity index (χ2v) is 3.61. The fourth-order valence-corrected chi connectivity index (χ4v) is 1.30. The fourth-order valence-electron chi connectivity index (χ4n) is 1.30. The van der Waals surface area contributed by atoms with Crippen molar-refractivity contribution < 1.29 is 14.4 Å². The predicted molar refractivity (Wildman–Crippen MR) is 57.6 cm³/mol. The lowest BCUT2D eigenvalue weighted by atomic mass is 10.2. The molecule has 0 fully saturated rings. The highest BCUT2D eigenvalue weighted by Gasteiger charge is 2.22. The van der Waals surface area contributed by atoms with E-state index in [-0.39, 0.29) is 12.0 Å². The average molecular weight is 229 g/mol. The van der Waals surface area contributed by atoms with Crippen molar-refractivity contribution in [2.45, 2.75) is 45.4 Å². The average Bonchev–Trinajstić information content (AvgIpc) is 2.73. The largest absolute Gasteiger partial charge is 0.391 e. The molecule has 6 heteroatoms. The van der Waals surface area contributed by atoms with Gasteiger partial charge in [0.1, 0.15) is 12.1 Å². The molecule has 1 aromatic heterocycles. The molecular weight excluding hydrogens is 210 g/mol. The molecule has 0 radical (unpaired) electrons. The van der Waals surface area contributed by atoms with Crippen LogP contribution in [-0.4, -0.2) is 28.0 Å². The summed E-state index contributed by atoms with van der Waals surface area (Å²) < 4.78 is 10.4. The Morgan fingerprint density at radius 2 is 2.19 bits per heavy atom. The summed E-state index contributed by atoms with van der Waals surface area (Å²) in [6.45, 7) is 6.05. The number of ether oxygens (including phenoxy) is 1. The van der Waals surface area contributed by atoms with E-state index in [1.165, 1.54) is 0 Å². The van der Waals surface area contributed by atoms with E-state index < -0.39 is 12.1 Å². The maximum Gasteiger partial charge on any atom is 0.246 e. The molecule has 16 heavy (non-hydrogen) atoms. The fraction of sp³-hybridized carbons (Fsp3) is 0.800. The second-order valence-electron chi connectivity index (χ2n) is 3.61. The number of hydrogen-bond acceptors (Lipinski definition) is 6. The summed E-state index contributed by atoms with van der Waals surface area (Å²) in [5.74, 6) is 0.721.